The number of pyridine rings is 1. The van der Waals surface area contributed by atoms with Crippen LogP contribution in [-0.2, 0) is 30.8 Å². The molecule has 6 nitrogen and oxygen atoms in total. The molecule has 0 aliphatic heterocycles. The van der Waals surface area contributed by atoms with Crippen molar-refractivity contribution in [1.29, 1.82) is 0 Å². The van der Waals surface area contributed by atoms with Crippen LogP contribution in [0.2, 0.25) is 0 Å². The molecule has 1 aliphatic rings. The summed E-state index contributed by atoms with van der Waals surface area (Å²) in [5.74, 6) is 1.27. The summed E-state index contributed by atoms with van der Waals surface area (Å²) in [7, 11) is 1.65. The summed E-state index contributed by atoms with van der Waals surface area (Å²) >= 11 is 0. The molecule has 2 N–H and O–H groups in total. The third-order valence-electron chi connectivity index (χ3n) is 6.37. The molecule has 0 radical (unpaired) electrons. The zero-order valence-corrected chi connectivity index (χ0v) is 20.2. The third-order valence-corrected chi connectivity index (χ3v) is 6.37. The molecule has 1 amide bonds. The molecule has 0 bridgehead atoms. The smallest absolute Gasteiger partial charge is 0.221 e. The van der Waals surface area contributed by atoms with Gasteiger partial charge in [-0.25, -0.2) is 0 Å². The summed E-state index contributed by atoms with van der Waals surface area (Å²) in [6.07, 6.45) is 3.04. The Balaban J connectivity index is 1.51. The lowest BCUT2D eigenvalue weighted by atomic mass is 9.97. The van der Waals surface area contributed by atoms with E-state index in [0.717, 1.165) is 30.4 Å². The van der Waals surface area contributed by atoms with E-state index in [-0.39, 0.29) is 5.91 Å². The second-order valence-electron chi connectivity index (χ2n) is 8.62. The van der Waals surface area contributed by atoms with Gasteiger partial charge in [0.25, 0.3) is 0 Å². The van der Waals surface area contributed by atoms with Gasteiger partial charge in [-0.1, -0.05) is 48.5 Å². The minimum atomic E-state index is -0.0204. The van der Waals surface area contributed by atoms with Gasteiger partial charge in [0.05, 0.1) is 7.11 Å². The lowest BCUT2D eigenvalue weighted by Gasteiger charge is -2.18. The molecule has 1 heterocycles. The van der Waals surface area contributed by atoms with E-state index >= 15 is 0 Å². The molecule has 178 valence electrons. The standard InChI is InChI=1S/C28H33N3O3/c1-19-22(11-7-12-23(19)21-9-5-4-6-10-21)18-34-28-25-14-8-13-24(25)26(27(31-28)33-3)17-29-15-16-30-20(2)32/h4-7,9-12,29H,8,13-18H2,1-3H3,(H,30,32). The number of amides is 1. The number of hydrogen-bond donors (Lipinski definition) is 2. The second-order valence-corrected chi connectivity index (χ2v) is 8.62. The zero-order chi connectivity index (χ0) is 23.9. The van der Waals surface area contributed by atoms with Gasteiger partial charge in [0, 0.05) is 37.7 Å². The van der Waals surface area contributed by atoms with Gasteiger partial charge < -0.3 is 20.1 Å². The summed E-state index contributed by atoms with van der Waals surface area (Å²) in [5.41, 5.74) is 8.36. The van der Waals surface area contributed by atoms with E-state index in [2.05, 4.69) is 60.0 Å². The van der Waals surface area contributed by atoms with Crippen molar-refractivity contribution >= 4 is 5.91 Å². The van der Waals surface area contributed by atoms with E-state index in [1.807, 2.05) is 6.07 Å². The number of ether oxygens (including phenoxy) is 2. The van der Waals surface area contributed by atoms with Crippen LogP contribution in [-0.4, -0.2) is 31.1 Å². The van der Waals surface area contributed by atoms with Crippen LogP contribution < -0.4 is 20.1 Å². The second kappa shape index (κ2) is 11.2. The molecule has 0 unspecified atom stereocenters. The summed E-state index contributed by atoms with van der Waals surface area (Å²) in [5, 5.41) is 6.20. The van der Waals surface area contributed by atoms with E-state index in [1.54, 1.807) is 7.11 Å². The largest absolute Gasteiger partial charge is 0.481 e. The van der Waals surface area contributed by atoms with Gasteiger partial charge in [-0.15, -0.1) is 0 Å². The quantitative estimate of drug-likeness (QED) is 0.441. The molecule has 6 heteroatoms. The van der Waals surface area contributed by atoms with Crippen molar-refractivity contribution in [2.24, 2.45) is 0 Å². The SMILES string of the molecule is COc1nc(OCc2cccc(-c3ccccc3)c2C)c2c(c1CNCCNC(C)=O)CCC2. The Morgan fingerprint density at radius 3 is 2.56 bits per heavy atom. The van der Waals surface area contributed by atoms with Crippen molar-refractivity contribution in [2.45, 2.75) is 46.3 Å². The van der Waals surface area contributed by atoms with Gasteiger partial charge in [0.1, 0.15) is 6.61 Å². The monoisotopic (exact) mass is 459 g/mol. The maximum absolute atomic E-state index is 11.1. The van der Waals surface area contributed by atoms with E-state index in [1.165, 1.54) is 34.7 Å². The number of nitrogens with one attached hydrogen (secondary N) is 2. The predicted octanol–water partition coefficient (Wildman–Crippen LogP) is 4.36. The van der Waals surface area contributed by atoms with Crippen LogP contribution in [0.3, 0.4) is 0 Å². The van der Waals surface area contributed by atoms with Gasteiger partial charge in [0.15, 0.2) is 0 Å². The molecule has 0 fully saturated rings. The maximum Gasteiger partial charge on any atom is 0.221 e. The van der Waals surface area contributed by atoms with E-state index in [4.69, 9.17) is 14.5 Å². The van der Waals surface area contributed by atoms with Gasteiger partial charge in [-0.3, -0.25) is 4.79 Å². The predicted molar refractivity (Wildman–Crippen MR) is 134 cm³/mol. The van der Waals surface area contributed by atoms with Gasteiger partial charge in [0.2, 0.25) is 17.7 Å². The van der Waals surface area contributed by atoms with Crippen molar-refractivity contribution in [3.63, 3.8) is 0 Å². The average Bonchev–Trinajstić information content (AvgIpc) is 3.34. The molecule has 0 atom stereocenters. The summed E-state index contributed by atoms with van der Waals surface area (Å²) in [6.45, 7) is 6.07. The minimum absolute atomic E-state index is 0.0204. The number of hydrogen-bond acceptors (Lipinski definition) is 5. The fourth-order valence-electron chi connectivity index (χ4n) is 4.60. The Morgan fingerprint density at radius 2 is 1.79 bits per heavy atom. The molecule has 0 saturated carbocycles. The first-order valence-electron chi connectivity index (χ1n) is 11.9. The highest BCUT2D eigenvalue weighted by atomic mass is 16.5. The zero-order valence-electron chi connectivity index (χ0n) is 20.2. The van der Waals surface area contributed by atoms with Gasteiger partial charge in [-0.05, 0) is 54.0 Å². The Bertz CT molecular complexity index is 1150. The van der Waals surface area contributed by atoms with Crippen LogP contribution in [0.15, 0.2) is 48.5 Å². The first-order valence-corrected chi connectivity index (χ1v) is 11.9. The number of aromatic nitrogens is 1. The molecule has 4 rings (SSSR count). The number of rotatable bonds is 10. The number of benzene rings is 2. The molecule has 34 heavy (non-hydrogen) atoms. The number of methoxy groups -OCH3 is 1. The average molecular weight is 460 g/mol. The summed E-state index contributed by atoms with van der Waals surface area (Å²) in [4.78, 5) is 15.8. The van der Waals surface area contributed by atoms with Crippen molar-refractivity contribution < 1.29 is 14.3 Å². The summed E-state index contributed by atoms with van der Waals surface area (Å²) < 4.78 is 12.0. The topological polar surface area (TPSA) is 72.5 Å². The molecule has 2 aromatic carbocycles. The van der Waals surface area contributed by atoms with Crippen LogP contribution in [0.5, 0.6) is 11.8 Å². The Hall–Kier alpha value is -3.38. The molecular weight excluding hydrogens is 426 g/mol. The highest BCUT2D eigenvalue weighted by molar-refractivity contribution is 5.72. The minimum Gasteiger partial charge on any atom is -0.481 e. The normalized spacial score (nSPS) is 12.3. The van der Waals surface area contributed by atoms with Crippen molar-refractivity contribution in [2.75, 3.05) is 20.2 Å². The van der Waals surface area contributed by atoms with Crippen LogP contribution in [0, 0.1) is 6.92 Å². The maximum atomic E-state index is 11.1. The van der Waals surface area contributed by atoms with E-state index in [9.17, 15) is 4.79 Å². The van der Waals surface area contributed by atoms with Crippen LogP contribution in [0.25, 0.3) is 11.1 Å². The van der Waals surface area contributed by atoms with Gasteiger partial charge >= 0.3 is 0 Å². The summed E-state index contributed by atoms with van der Waals surface area (Å²) in [6, 6.07) is 16.8. The van der Waals surface area contributed by atoms with E-state index < -0.39 is 0 Å². The lowest BCUT2D eigenvalue weighted by Crippen LogP contribution is -2.30. The Kier molecular flexibility index (Phi) is 7.80. The highest BCUT2D eigenvalue weighted by Crippen LogP contribution is 2.37. The number of carbonyl (C=O) groups is 1. The van der Waals surface area contributed by atoms with Crippen molar-refractivity contribution in [3.8, 4) is 22.9 Å². The van der Waals surface area contributed by atoms with Gasteiger partial charge in [-0.2, -0.15) is 4.98 Å². The van der Waals surface area contributed by atoms with Crippen LogP contribution in [0.1, 0.15) is 41.2 Å². The van der Waals surface area contributed by atoms with Crippen molar-refractivity contribution in [1.82, 2.24) is 15.6 Å². The molecular formula is C28H33N3O3. The lowest BCUT2D eigenvalue weighted by molar-refractivity contribution is -0.118. The third kappa shape index (κ3) is 5.39. The first kappa shape index (κ1) is 23.8. The number of fused-ring (bicyclic) bond motifs is 1. The molecule has 3 aromatic rings. The molecule has 0 spiro atoms. The Morgan fingerprint density at radius 1 is 1.00 bits per heavy atom. The number of nitrogens with zero attached hydrogens (tertiary/aromatic N) is 1. The molecule has 0 saturated heterocycles. The first-order chi connectivity index (χ1) is 16.6. The van der Waals surface area contributed by atoms with Crippen LogP contribution >= 0.6 is 0 Å². The molecule has 1 aromatic heterocycles. The van der Waals surface area contributed by atoms with E-state index in [0.29, 0.717) is 38.0 Å². The van der Waals surface area contributed by atoms with Crippen LogP contribution in [0.4, 0.5) is 0 Å². The number of carbonyl (C=O) groups excluding carboxylic acids is 1. The van der Waals surface area contributed by atoms with Crippen molar-refractivity contribution in [3.05, 3.63) is 76.3 Å². The molecule has 1 aliphatic carbocycles. The Labute approximate surface area is 201 Å². The fourth-order valence-corrected chi connectivity index (χ4v) is 4.60. The fraction of sp³-hybridized carbons (Fsp3) is 0.357. The highest BCUT2D eigenvalue weighted by Gasteiger charge is 2.25.